The maximum absolute atomic E-state index is 11.9. The zero-order valence-electron chi connectivity index (χ0n) is 15.2. The van der Waals surface area contributed by atoms with Crippen molar-refractivity contribution in [1.82, 2.24) is 25.3 Å². The maximum Gasteiger partial charge on any atom is 0.239 e. The van der Waals surface area contributed by atoms with Gasteiger partial charge in [-0.1, -0.05) is 23.7 Å². The highest BCUT2D eigenvalue weighted by molar-refractivity contribution is 6.35. The molecule has 0 aliphatic carbocycles. The van der Waals surface area contributed by atoms with Crippen LogP contribution >= 0.6 is 11.6 Å². The van der Waals surface area contributed by atoms with Crippen molar-refractivity contribution in [3.63, 3.8) is 0 Å². The highest BCUT2D eigenvalue weighted by Crippen LogP contribution is 2.32. The molecule has 3 heterocycles. The van der Waals surface area contributed by atoms with Gasteiger partial charge in [0.25, 0.3) is 0 Å². The molecule has 3 aromatic rings. The van der Waals surface area contributed by atoms with Gasteiger partial charge in [0.1, 0.15) is 12.1 Å². The lowest BCUT2D eigenvalue weighted by molar-refractivity contribution is -0.120. The van der Waals surface area contributed by atoms with Crippen molar-refractivity contribution < 1.29 is 4.79 Å². The molecule has 0 radical (unpaired) electrons. The number of nitrogens with two attached hydrogens (primary N) is 1. The van der Waals surface area contributed by atoms with E-state index in [1.165, 1.54) is 6.33 Å². The quantitative estimate of drug-likeness (QED) is 0.607. The SMILES string of the molecule is C[C@H](Nc1ncnc(N)n1)c1cc2cccc(Cl)c2nc1N1CCNC(=O)C1. The van der Waals surface area contributed by atoms with E-state index in [9.17, 15) is 4.79 Å². The second kappa shape index (κ2) is 7.43. The van der Waals surface area contributed by atoms with Crippen LogP contribution < -0.4 is 21.3 Å². The van der Waals surface area contributed by atoms with Gasteiger partial charge >= 0.3 is 0 Å². The summed E-state index contributed by atoms with van der Waals surface area (Å²) in [7, 11) is 0. The molecule has 10 heteroatoms. The molecule has 0 spiro atoms. The van der Waals surface area contributed by atoms with Crippen LogP contribution in [0.4, 0.5) is 17.7 Å². The number of para-hydroxylation sites is 1. The van der Waals surface area contributed by atoms with E-state index < -0.39 is 0 Å². The molecule has 4 rings (SSSR count). The summed E-state index contributed by atoms with van der Waals surface area (Å²) < 4.78 is 0. The molecular weight excluding hydrogens is 380 g/mol. The van der Waals surface area contributed by atoms with Crippen molar-refractivity contribution in [3.05, 3.63) is 41.2 Å². The van der Waals surface area contributed by atoms with E-state index in [4.69, 9.17) is 22.3 Å². The van der Waals surface area contributed by atoms with Gasteiger partial charge in [-0.15, -0.1) is 0 Å². The van der Waals surface area contributed by atoms with Crippen molar-refractivity contribution in [3.8, 4) is 0 Å². The maximum atomic E-state index is 11.9. The van der Waals surface area contributed by atoms with Gasteiger partial charge in [-0.3, -0.25) is 4.79 Å². The van der Waals surface area contributed by atoms with Crippen LogP contribution in [0.3, 0.4) is 0 Å². The predicted octanol–water partition coefficient (Wildman–Crippen LogP) is 1.76. The molecular formula is C18H19ClN8O. The number of amides is 1. The minimum atomic E-state index is -0.197. The zero-order valence-corrected chi connectivity index (χ0v) is 15.9. The topological polar surface area (TPSA) is 122 Å². The Bertz CT molecular complexity index is 1040. The van der Waals surface area contributed by atoms with Crippen LogP contribution in [0.2, 0.25) is 5.02 Å². The Kier molecular flexibility index (Phi) is 4.82. The largest absolute Gasteiger partial charge is 0.368 e. The van der Waals surface area contributed by atoms with Gasteiger partial charge in [0.2, 0.25) is 17.8 Å². The van der Waals surface area contributed by atoms with Crippen LogP contribution in [-0.2, 0) is 4.79 Å². The summed E-state index contributed by atoms with van der Waals surface area (Å²) in [4.78, 5) is 30.7. The number of rotatable bonds is 4. The highest BCUT2D eigenvalue weighted by Gasteiger charge is 2.24. The van der Waals surface area contributed by atoms with E-state index in [0.717, 1.165) is 10.9 Å². The van der Waals surface area contributed by atoms with Gasteiger partial charge in [-0.25, -0.2) is 15.0 Å². The molecule has 0 saturated carbocycles. The fourth-order valence-corrected chi connectivity index (χ4v) is 3.43. The fourth-order valence-electron chi connectivity index (χ4n) is 3.21. The first-order valence-corrected chi connectivity index (χ1v) is 9.21. The Morgan fingerprint density at radius 1 is 1.32 bits per heavy atom. The van der Waals surface area contributed by atoms with Crippen molar-refractivity contribution in [2.75, 3.05) is 35.6 Å². The Morgan fingerprint density at radius 3 is 2.96 bits per heavy atom. The number of benzene rings is 1. The van der Waals surface area contributed by atoms with Crippen LogP contribution in [0.5, 0.6) is 0 Å². The van der Waals surface area contributed by atoms with E-state index in [1.807, 2.05) is 30.0 Å². The number of nitrogens with one attached hydrogen (secondary N) is 2. The van der Waals surface area contributed by atoms with E-state index >= 15 is 0 Å². The summed E-state index contributed by atoms with van der Waals surface area (Å²) in [6, 6.07) is 7.47. The van der Waals surface area contributed by atoms with Gasteiger partial charge in [-0.05, 0) is 19.1 Å². The third-order valence-electron chi connectivity index (χ3n) is 4.55. The second-order valence-corrected chi connectivity index (χ2v) is 6.92. The lowest BCUT2D eigenvalue weighted by Gasteiger charge is -2.31. The Hall–Kier alpha value is -3.20. The number of aromatic nitrogens is 4. The zero-order chi connectivity index (χ0) is 19.7. The molecule has 1 amide bonds. The number of carbonyl (C=O) groups excluding carboxylic acids is 1. The molecule has 9 nitrogen and oxygen atoms in total. The molecule has 2 aromatic heterocycles. The molecule has 1 atom stereocenters. The normalized spacial score (nSPS) is 15.4. The molecule has 1 aliphatic heterocycles. The summed E-state index contributed by atoms with van der Waals surface area (Å²) in [5.41, 5.74) is 7.25. The number of hydrogen-bond donors (Lipinski definition) is 3. The number of piperazine rings is 1. The smallest absolute Gasteiger partial charge is 0.239 e. The summed E-state index contributed by atoms with van der Waals surface area (Å²) >= 11 is 6.36. The molecule has 1 aromatic carbocycles. The first-order chi connectivity index (χ1) is 13.5. The van der Waals surface area contributed by atoms with Crippen LogP contribution in [0.25, 0.3) is 10.9 Å². The molecule has 0 unspecified atom stereocenters. The first kappa shape index (κ1) is 18.2. The molecule has 28 heavy (non-hydrogen) atoms. The highest BCUT2D eigenvalue weighted by atomic mass is 35.5. The number of fused-ring (bicyclic) bond motifs is 1. The molecule has 1 fully saturated rings. The first-order valence-electron chi connectivity index (χ1n) is 8.83. The summed E-state index contributed by atoms with van der Waals surface area (Å²) in [6.07, 6.45) is 1.35. The fraction of sp³-hybridized carbons (Fsp3) is 0.278. The molecule has 144 valence electrons. The minimum absolute atomic E-state index is 0.0379. The summed E-state index contributed by atoms with van der Waals surface area (Å²) in [6.45, 7) is 3.43. The van der Waals surface area contributed by atoms with Gasteiger partial charge < -0.3 is 21.3 Å². The predicted molar refractivity (Wildman–Crippen MR) is 108 cm³/mol. The van der Waals surface area contributed by atoms with E-state index in [0.29, 0.717) is 35.4 Å². The standard InChI is InChI=1S/C18H19ClN8O/c1-10(24-18-23-9-22-17(20)26-18)12-7-11-3-2-4-13(19)15(11)25-16(12)27-6-5-21-14(28)8-27/h2-4,7,9-10H,5-6,8H2,1H3,(H,21,28)(H3,20,22,23,24,26)/t10-/m0/s1. The van der Waals surface area contributed by atoms with Gasteiger partial charge in [-0.2, -0.15) is 4.98 Å². The van der Waals surface area contributed by atoms with Crippen molar-refractivity contribution in [2.24, 2.45) is 0 Å². The Morgan fingerprint density at radius 2 is 2.18 bits per heavy atom. The van der Waals surface area contributed by atoms with Crippen LogP contribution in [0.1, 0.15) is 18.5 Å². The lowest BCUT2D eigenvalue weighted by atomic mass is 10.0. The Balaban J connectivity index is 1.78. The van der Waals surface area contributed by atoms with Crippen molar-refractivity contribution in [2.45, 2.75) is 13.0 Å². The van der Waals surface area contributed by atoms with Crippen LogP contribution in [0.15, 0.2) is 30.6 Å². The van der Waals surface area contributed by atoms with Crippen LogP contribution in [-0.4, -0.2) is 45.5 Å². The number of hydrogen-bond acceptors (Lipinski definition) is 8. The van der Waals surface area contributed by atoms with Gasteiger partial charge in [0.15, 0.2) is 0 Å². The van der Waals surface area contributed by atoms with Gasteiger partial charge in [0.05, 0.1) is 23.1 Å². The van der Waals surface area contributed by atoms with E-state index in [2.05, 4.69) is 25.6 Å². The summed E-state index contributed by atoms with van der Waals surface area (Å²) in [5.74, 6) is 1.18. The van der Waals surface area contributed by atoms with E-state index in [-0.39, 0.29) is 24.4 Å². The number of anilines is 3. The molecule has 0 bridgehead atoms. The average molecular weight is 399 g/mol. The Labute approximate surface area is 166 Å². The lowest BCUT2D eigenvalue weighted by Crippen LogP contribution is -2.48. The molecule has 1 saturated heterocycles. The average Bonchev–Trinajstić information content (AvgIpc) is 2.67. The van der Waals surface area contributed by atoms with Crippen molar-refractivity contribution in [1.29, 1.82) is 0 Å². The molecule has 4 N–H and O–H groups in total. The monoisotopic (exact) mass is 398 g/mol. The molecule has 1 aliphatic rings. The number of nitrogen functional groups attached to an aromatic ring is 1. The third kappa shape index (κ3) is 3.61. The van der Waals surface area contributed by atoms with E-state index in [1.54, 1.807) is 6.07 Å². The minimum Gasteiger partial charge on any atom is -0.368 e. The number of carbonyl (C=O) groups is 1. The number of pyridine rings is 1. The second-order valence-electron chi connectivity index (χ2n) is 6.52. The van der Waals surface area contributed by atoms with Crippen molar-refractivity contribution >= 4 is 46.1 Å². The number of nitrogens with zero attached hydrogens (tertiary/aromatic N) is 5. The number of halogens is 1. The van der Waals surface area contributed by atoms with Crippen LogP contribution in [0, 0.1) is 0 Å². The third-order valence-corrected chi connectivity index (χ3v) is 4.85. The van der Waals surface area contributed by atoms with Gasteiger partial charge in [0, 0.05) is 24.0 Å². The summed E-state index contributed by atoms with van der Waals surface area (Å²) in [5, 5.41) is 7.54.